The molecule has 0 aromatic heterocycles. The van der Waals surface area contributed by atoms with Crippen molar-refractivity contribution in [3.8, 4) is 0 Å². The molecule has 118 valence electrons. The molecule has 1 amide bonds. The van der Waals surface area contributed by atoms with E-state index in [0.29, 0.717) is 12.5 Å². The van der Waals surface area contributed by atoms with E-state index in [1.54, 1.807) is 0 Å². The lowest BCUT2D eigenvalue weighted by atomic mass is 9.92. The van der Waals surface area contributed by atoms with E-state index >= 15 is 0 Å². The molecule has 1 aliphatic rings. The highest BCUT2D eigenvalue weighted by molar-refractivity contribution is 9.10. The summed E-state index contributed by atoms with van der Waals surface area (Å²) >= 11 is 3.43. The van der Waals surface area contributed by atoms with Crippen LogP contribution in [0.2, 0.25) is 0 Å². The number of anilines is 1. The molecule has 1 fully saturated rings. The summed E-state index contributed by atoms with van der Waals surface area (Å²) in [6.07, 6.45) is 2.29. The van der Waals surface area contributed by atoms with Crippen molar-refractivity contribution in [3.63, 3.8) is 0 Å². The lowest BCUT2D eigenvalue weighted by Gasteiger charge is -2.34. The molecule has 6 heteroatoms. The second-order valence-corrected chi connectivity index (χ2v) is 6.38. The number of carbonyl (C=O) groups is 1. The Morgan fingerprint density at radius 3 is 2.90 bits per heavy atom. The van der Waals surface area contributed by atoms with Gasteiger partial charge in [0.25, 0.3) is 0 Å². The van der Waals surface area contributed by atoms with Crippen molar-refractivity contribution >= 4 is 39.9 Å². The third-order valence-electron chi connectivity index (χ3n) is 3.80. The number of nitrogens with two attached hydrogens (primary N) is 1. The van der Waals surface area contributed by atoms with Crippen molar-refractivity contribution in [1.29, 1.82) is 0 Å². The number of nitrogens with zero attached hydrogens (tertiary/aromatic N) is 1. The van der Waals surface area contributed by atoms with Gasteiger partial charge in [0.15, 0.2) is 0 Å². The second kappa shape index (κ2) is 8.73. The molecular weight excluding hydrogens is 354 g/mol. The summed E-state index contributed by atoms with van der Waals surface area (Å²) in [5.41, 5.74) is 6.79. The molecule has 1 aromatic rings. The lowest BCUT2D eigenvalue weighted by Crippen LogP contribution is -2.45. The first-order chi connectivity index (χ1) is 9.56. The largest absolute Gasteiger partial charge is 0.328 e. The molecule has 2 rings (SSSR count). The van der Waals surface area contributed by atoms with Gasteiger partial charge in [-0.05, 0) is 60.3 Å². The normalized spacial score (nSPS) is 20.4. The molecular formula is C15H23BrClN3O. The number of benzene rings is 1. The smallest absolute Gasteiger partial charge is 0.238 e. The molecule has 0 spiro atoms. The minimum absolute atomic E-state index is 0. The summed E-state index contributed by atoms with van der Waals surface area (Å²) in [4.78, 5) is 14.3. The van der Waals surface area contributed by atoms with Gasteiger partial charge < -0.3 is 11.1 Å². The summed E-state index contributed by atoms with van der Waals surface area (Å²) in [5, 5.41) is 2.94. The summed E-state index contributed by atoms with van der Waals surface area (Å²) in [6, 6.07) is 7.85. The van der Waals surface area contributed by atoms with Crippen LogP contribution in [-0.4, -0.2) is 36.5 Å². The quantitative estimate of drug-likeness (QED) is 0.849. The van der Waals surface area contributed by atoms with E-state index in [2.05, 4.69) is 33.1 Å². The van der Waals surface area contributed by atoms with E-state index in [4.69, 9.17) is 5.73 Å². The van der Waals surface area contributed by atoms with Crippen LogP contribution in [0.15, 0.2) is 28.7 Å². The highest BCUT2D eigenvalue weighted by atomic mass is 79.9. The Bertz CT molecular complexity index is 470. The van der Waals surface area contributed by atoms with Crippen LogP contribution in [-0.2, 0) is 4.79 Å². The van der Waals surface area contributed by atoms with Gasteiger partial charge in [0.1, 0.15) is 0 Å². The first-order valence-corrected chi connectivity index (χ1v) is 7.88. The zero-order valence-corrected chi connectivity index (χ0v) is 14.6. The fourth-order valence-electron chi connectivity index (χ4n) is 2.62. The van der Waals surface area contributed by atoms with Crippen molar-refractivity contribution in [3.05, 3.63) is 28.7 Å². The van der Waals surface area contributed by atoms with Crippen LogP contribution in [0, 0.1) is 5.92 Å². The van der Waals surface area contributed by atoms with Crippen LogP contribution in [0.3, 0.4) is 0 Å². The first kappa shape index (κ1) is 18.4. The Kier molecular flexibility index (Phi) is 7.66. The maximum absolute atomic E-state index is 12.1. The van der Waals surface area contributed by atoms with Crippen molar-refractivity contribution in [2.45, 2.75) is 25.8 Å². The van der Waals surface area contributed by atoms with Crippen molar-refractivity contribution in [2.24, 2.45) is 11.7 Å². The third-order valence-corrected chi connectivity index (χ3v) is 4.49. The molecule has 0 aliphatic carbocycles. The topological polar surface area (TPSA) is 58.4 Å². The number of halogens is 2. The Morgan fingerprint density at radius 1 is 1.52 bits per heavy atom. The van der Waals surface area contributed by atoms with Crippen LogP contribution >= 0.6 is 28.3 Å². The minimum Gasteiger partial charge on any atom is -0.328 e. The van der Waals surface area contributed by atoms with Gasteiger partial charge in [-0.3, -0.25) is 9.69 Å². The Labute approximate surface area is 141 Å². The molecule has 4 nitrogen and oxygen atoms in total. The van der Waals surface area contributed by atoms with E-state index in [9.17, 15) is 4.79 Å². The summed E-state index contributed by atoms with van der Waals surface area (Å²) in [7, 11) is 0. The van der Waals surface area contributed by atoms with Crippen LogP contribution in [0.5, 0.6) is 0 Å². The fourth-order valence-corrected chi connectivity index (χ4v) is 3.00. The number of likely N-dealkylation sites (tertiary alicyclic amines) is 1. The van der Waals surface area contributed by atoms with Gasteiger partial charge in [-0.1, -0.05) is 12.1 Å². The van der Waals surface area contributed by atoms with Crippen LogP contribution < -0.4 is 11.1 Å². The number of para-hydroxylation sites is 1. The average molecular weight is 377 g/mol. The van der Waals surface area contributed by atoms with Gasteiger partial charge >= 0.3 is 0 Å². The highest BCUT2D eigenvalue weighted by Gasteiger charge is 2.23. The fraction of sp³-hybridized carbons (Fsp3) is 0.533. The third kappa shape index (κ3) is 5.58. The lowest BCUT2D eigenvalue weighted by molar-refractivity contribution is -0.117. The van der Waals surface area contributed by atoms with Gasteiger partial charge in [0.2, 0.25) is 5.91 Å². The van der Waals surface area contributed by atoms with Gasteiger partial charge in [0.05, 0.1) is 12.2 Å². The van der Waals surface area contributed by atoms with E-state index in [0.717, 1.165) is 29.7 Å². The number of amides is 1. The maximum Gasteiger partial charge on any atom is 0.238 e. The Balaban J connectivity index is 0.00000220. The van der Waals surface area contributed by atoms with Crippen molar-refractivity contribution < 1.29 is 4.79 Å². The van der Waals surface area contributed by atoms with Gasteiger partial charge in [-0.2, -0.15) is 0 Å². The van der Waals surface area contributed by atoms with E-state index in [-0.39, 0.29) is 24.4 Å². The van der Waals surface area contributed by atoms with Crippen LogP contribution in [0.1, 0.15) is 19.8 Å². The number of hydrogen-bond acceptors (Lipinski definition) is 3. The van der Waals surface area contributed by atoms with E-state index in [1.165, 1.54) is 6.42 Å². The van der Waals surface area contributed by atoms with Gasteiger partial charge in [-0.15, -0.1) is 12.4 Å². The summed E-state index contributed by atoms with van der Waals surface area (Å²) in [5.74, 6) is 0.530. The number of nitrogens with one attached hydrogen (secondary N) is 1. The second-order valence-electron chi connectivity index (χ2n) is 5.52. The standard InChI is InChI=1S/C15H22BrN3O.ClH/c1-11(17)12-5-4-8-19(9-12)10-15(20)18-14-7-3-2-6-13(14)16;/h2-3,6-7,11-12H,4-5,8-10,17H2,1H3,(H,18,20);1H. The molecule has 3 N–H and O–H groups in total. The highest BCUT2D eigenvalue weighted by Crippen LogP contribution is 2.22. The number of rotatable bonds is 4. The number of hydrogen-bond donors (Lipinski definition) is 2. The molecule has 0 saturated carbocycles. The maximum atomic E-state index is 12.1. The van der Waals surface area contributed by atoms with E-state index < -0.39 is 0 Å². The SMILES string of the molecule is CC(N)C1CCCN(CC(=O)Nc2ccccc2Br)C1.Cl. The van der Waals surface area contributed by atoms with Crippen LogP contribution in [0.4, 0.5) is 5.69 Å². The first-order valence-electron chi connectivity index (χ1n) is 7.08. The summed E-state index contributed by atoms with van der Waals surface area (Å²) in [6.45, 7) is 4.38. The van der Waals surface area contributed by atoms with Gasteiger partial charge in [-0.25, -0.2) is 0 Å². The number of carbonyl (C=O) groups excluding carboxylic acids is 1. The molecule has 21 heavy (non-hydrogen) atoms. The van der Waals surface area contributed by atoms with Crippen molar-refractivity contribution in [1.82, 2.24) is 4.90 Å². The van der Waals surface area contributed by atoms with Crippen molar-refractivity contribution in [2.75, 3.05) is 25.0 Å². The van der Waals surface area contributed by atoms with E-state index in [1.807, 2.05) is 24.3 Å². The molecule has 0 bridgehead atoms. The van der Waals surface area contributed by atoms with Gasteiger partial charge in [0, 0.05) is 17.1 Å². The molecule has 1 aliphatic heterocycles. The zero-order valence-electron chi connectivity index (χ0n) is 12.2. The molecule has 1 saturated heterocycles. The molecule has 0 radical (unpaired) electrons. The minimum atomic E-state index is 0. The molecule has 2 unspecified atom stereocenters. The average Bonchev–Trinajstić information content (AvgIpc) is 2.41. The molecule has 2 atom stereocenters. The predicted octanol–water partition coefficient (Wildman–Crippen LogP) is 2.87. The monoisotopic (exact) mass is 375 g/mol. The molecule has 1 aromatic carbocycles. The predicted molar refractivity (Wildman–Crippen MR) is 92.8 cm³/mol. The summed E-state index contributed by atoms with van der Waals surface area (Å²) < 4.78 is 0.903. The zero-order chi connectivity index (χ0) is 14.5. The van der Waals surface area contributed by atoms with Crippen LogP contribution in [0.25, 0.3) is 0 Å². The number of piperidine rings is 1. The Hall–Kier alpha value is -0.620. The Morgan fingerprint density at radius 2 is 2.24 bits per heavy atom. The molecule has 1 heterocycles.